The zero-order chi connectivity index (χ0) is 22.2. The molecule has 0 aromatic carbocycles. The minimum atomic E-state index is 0.163. The molecule has 0 bridgehead atoms. The Bertz CT molecular complexity index is 737. The molecule has 4 N–H and O–H groups in total. The lowest BCUT2D eigenvalue weighted by Crippen LogP contribution is -2.04. The fraction of sp³-hybridized carbons (Fsp3) is 0.455. The zero-order valence-corrected chi connectivity index (χ0v) is 18.1. The molecule has 0 spiro atoms. The van der Waals surface area contributed by atoms with E-state index < -0.39 is 0 Å². The third-order valence-electron chi connectivity index (χ3n) is 3.66. The van der Waals surface area contributed by atoms with Crippen LogP contribution in [0.25, 0.3) is 0 Å². The highest BCUT2D eigenvalue weighted by atomic mass is 16.5. The number of nitrogens with one attached hydrogen (secondary N) is 2. The summed E-state index contributed by atoms with van der Waals surface area (Å²) >= 11 is 0. The number of aromatic nitrogens is 2. The molecule has 0 radical (unpaired) electrons. The normalized spacial score (nSPS) is 9.62. The first-order chi connectivity index (χ1) is 13.9. The average Bonchev–Trinajstić information content (AvgIpc) is 2.72. The second-order valence-electron chi connectivity index (χ2n) is 6.23. The second-order valence-corrected chi connectivity index (χ2v) is 6.23. The third kappa shape index (κ3) is 11.2. The van der Waals surface area contributed by atoms with Crippen LogP contribution in [-0.2, 0) is 17.8 Å². The summed E-state index contributed by atoms with van der Waals surface area (Å²) in [6.07, 6.45) is 1.43. The Kier molecular flexibility index (Phi) is 14.1. The molecule has 0 amide bonds. The quantitative estimate of drug-likeness (QED) is 0.504. The highest BCUT2D eigenvalue weighted by Crippen LogP contribution is 2.10. The van der Waals surface area contributed by atoms with Crippen LogP contribution in [0.15, 0.2) is 30.3 Å². The van der Waals surface area contributed by atoms with Crippen LogP contribution in [-0.4, -0.2) is 51.9 Å². The van der Waals surface area contributed by atoms with Crippen molar-refractivity contribution in [2.24, 2.45) is 0 Å². The van der Waals surface area contributed by atoms with Gasteiger partial charge in [0.25, 0.3) is 0 Å². The van der Waals surface area contributed by atoms with Crippen LogP contribution < -0.4 is 0 Å². The van der Waals surface area contributed by atoms with Gasteiger partial charge in [0.15, 0.2) is 0 Å². The fourth-order valence-electron chi connectivity index (χ4n) is 2.29. The molecule has 0 atom stereocenters. The van der Waals surface area contributed by atoms with E-state index in [2.05, 4.69) is 9.97 Å². The summed E-state index contributed by atoms with van der Waals surface area (Å²) in [6, 6.07) is 9.55. The molecule has 2 aromatic rings. The van der Waals surface area contributed by atoms with Crippen molar-refractivity contribution in [1.29, 1.82) is 10.8 Å². The first-order valence-corrected chi connectivity index (χ1v) is 9.55. The summed E-state index contributed by atoms with van der Waals surface area (Å²) in [5.74, 6) is 0. The van der Waals surface area contributed by atoms with Crippen molar-refractivity contribution in [3.8, 4) is 0 Å². The van der Waals surface area contributed by atoms with Crippen molar-refractivity contribution < 1.29 is 14.9 Å². The van der Waals surface area contributed by atoms with E-state index in [1.54, 1.807) is 13.8 Å². The summed E-state index contributed by atoms with van der Waals surface area (Å²) in [5, 5.41) is 30.7. The molecule has 7 nitrogen and oxygen atoms in total. The van der Waals surface area contributed by atoms with Gasteiger partial charge in [-0.1, -0.05) is 6.07 Å². The zero-order valence-electron chi connectivity index (χ0n) is 18.1. The molecule has 0 saturated carbocycles. The van der Waals surface area contributed by atoms with Gasteiger partial charge in [0.2, 0.25) is 0 Å². The van der Waals surface area contributed by atoms with Gasteiger partial charge in [-0.3, -0.25) is 9.97 Å². The van der Waals surface area contributed by atoms with Crippen LogP contribution in [0.4, 0.5) is 0 Å². The number of pyridine rings is 2. The molecular weight excluding hydrogens is 368 g/mol. The number of rotatable bonds is 8. The molecule has 2 aromatic heterocycles. The number of aryl methyl sites for hydroxylation is 2. The molecule has 0 aliphatic rings. The van der Waals surface area contributed by atoms with Crippen LogP contribution in [0.2, 0.25) is 0 Å². The molecule has 0 aliphatic heterocycles. The van der Waals surface area contributed by atoms with E-state index in [9.17, 15) is 0 Å². The highest BCUT2D eigenvalue weighted by molar-refractivity contribution is 5.94. The Morgan fingerprint density at radius 1 is 1.03 bits per heavy atom. The summed E-state index contributed by atoms with van der Waals surface area (Å²) in [4.78, 5) is 8.54. The Hall–Kier alpha value is -2.48. The van der Waals surface area contributed by atoms with Gasteiger partial charge in [0.05, 0.1) is 29.4 Å². The predicted octanol–water partition coefficient (Wildman–Crippen LogP) is 3.32. The lowest BCUT2D eigenvalue weighted by atomic mass is 10.1. The molecule has 29 heavy (non-hydrogen) atoms. The van der Waals surface area contributed by atoms with E-state index in [-0.39, 0.29) is 6.61 Å². The Balaban J connectivity index is 0.000000554. The molecule has 160 valence electrons. The lowest BCUT2D eigenvalue weighted by molar-refractivity contribution is 0.134. The summed E-state index contributed by atoms with van der Waals surface area (Å²) in [7, 11) is 1.00. The SMILES string of the molecule is CC(=N)c1cccc(C)n1.CCOCc1cc(CCCO)nc(C(C)=N)c1.CO. The molecule has 2 rings (SSSR count). The van der Waals surface area contributed by atoms with Crippen molar-refractivity contribution in [2.75, 3.05) is 20.3 Å². The number of ether oxygens (including phenoxy) is 1. The monoisotopic (exact) mass is 402 g/mol. The van der Waals surface area contributed by atoms with Gasteiger partial charge in [0.1, 0.15) is 0 Å². The largest absolute Gasteiger partial charge is 0.400 e. The van der Waals surface area contributed by atoms with E-state index in [0.717, 1.165) is 36.2 Å². The number of nitrogens with zero attached hydrogens (tertiary/aromatic N) is 2. The number of hydrogen-bond acceptors (Lipinski definition) is 7. The van der Waals surface area contributed by atoms with Gasteiger partial charge in [0, 0.05) is 31.7 Å². The number of aliphatic hydroxyl groups is 2. The second kappa shape index (κ2) is 15.4. The first-order valence-electron chi connectivity index (χ1n) is 9.55. The minimum Gasteiger partial charge on any atom is -0.400 e. The third-order valence-corrected chi connectivity index (χ3v) is 3.66. The minimum absolute atomic E-state index is 0.163. The first kappa shape index (κ1) is 26.5. The van der Waals surface area contributed by atoms with Gasteiger partial charge in [-0.2, -0.15) is 0 Å². The summed E-state index contributed by atoms with van der Waals surface area (Å²) in [6.45, 7) is 8.72. The Labute approximate surface area is 173 Å². The van der Waals surface area contributed by atoms with Crippen LogP contribution in [0.1, 0.15) is 55.5 Å². The van der Waals surface area contributed by atoms with E-state index in [0.29, 0.717) is 36.8 Å². The predicted molar refractivity (Wildman–Crippen MR) is 117 cm³/mol. The molecule has 0 saturated heterocycles. The van der Waals surface area contributed by atoms with Crippen LogP contribution in [0, 0.1) is 17.7 Å². The highest BCUT2D eigenvalue weighted by Gasteiger charge is 2.05. The molecular formula is C22H34N4O3. The Morgan fingerprint density at radius 2 is 1.69 bits per heavy atom. The van der Waals surface area contributed by atoms with Gasteiger partial charge < -0.3 is 25.8 Å². The van der Waals surface area contributed by atoms with E-state index in [4.69, 9.17) is 25.8 Å². The van der Waals surface area contributed by atoms with Gasteiger partial charge in [-0.05, 0) is 70.4 Å². The van der Waals surface area contributed by atoms with E-state index in [1.165, 1.54) is 0 Å². The van der Waals surface area contributed by atoms with E-state index >= 15 is 0 Å². The maximum absolute atomic E-state index is 8.82. The van der Waals surface area contributed by atoms with Gasteiger partial charge in [-0.15, -0.1) is 0 Å². The molecule has 2 heterocycles. The fourth-order valence-corrected chi connectivity index (χ4v) is 2.29. The smallest absolute Gasteiger partial charge is 0.0841 e. The molecule has 7 heteroatoms. The van der Waals surface area contributed by atoms with Crippen LogP contribution >= 0.6 is 0 Å². The molecule has 0 fully saturated rings. The topological polar surface area (TPSA) is 123 Å². The summed E-state index contributed by atoms with van der Waals surface area (Å²) < 4.78 is 5.37. The van der Waals surface area contributed by atoms with Gasteiger partial charge >= 0.3 is 0 Å². The van der Waals surface area contributed by atoms with E-state index in [1.807, 2.05) is 44.2 Å². The standard InChI is InChI=1S/C13H20N2O2.C8H10N2.CH4O/c1-3-17-9-11-7-12(5-4-6-16)15-13(8-11)10(2)14;1-6-4-3-5-8(10-6)7(2)9;1-2/h7-8,14,16H,3-6,9H2,1-2H3;3-5,9H,1-2H3;2H,1H3. The van der Waals surface area contributed by atoms with Gasteiger partial charge in [-0.25, -0.2) is 0 Å². The molecule has 0 aliphatic carbocycles. The summed E-state index contributed by atoms with van der Waals surface area (Å²) in [5.41, 5.74) is 5.34. The Morgan fingerprint density at radius 3 is 2.17 bits per heavy atom. The maximum atomic E-state index is 8.82. The maximum Gasteiger partial charge on any atom is 0.0841 e. The molecule has 0 unspecified atom stereocenters. The van der Waals surface area contributed by atoms with Crippen molar-refractivity contribution >= 4 is 11.4 Å². The van der Waals surface area contributed by atoms with Crippen molar-refractivity contribution in [2.45, 2.75) is 47.1 Å². The van der Waals surface area contributed by atoms with Crippen molar-refractivity contribution in [3.63, 3.8) is 0 Å². The van der Waals surface area contributed by atoms with Crippen molar-refractivity contribution in [3.05, 3.63) is 58.7 Å². The average molecular weight is 403 g/mol. The number of aliphatic hydroxyl groups excluding tert-OH is 2. The number of hydrogen-bond donors (Lipinski definition) is 4. The van der Waals surface area contributed by atoms with Crippen LogP contribution in [0.5, 0.6) is 0 Å². The van der Waals surface area contributed by atoms with Crippen LogP contribution in [0.3, 0.4) is 0 Å². The lowest BCUT2D eigenvalue weighted by Gasteiger charge is -2.08. The van der Waals surface area contributed by atoms with Crippen molar-refractivity contribution in [1.82, 2.24) is 9.97 Å².